The SMILES string of the molecule is CO[C@H]1C[C@@H](n2ccc(N)n2)C1. The van der Waals surface area contributed by atoms with Crippen LogP contribution in [0.1, 0.15) is 18.9 Å². The summed E-state index contributed by atoms with van der Waals surface area (Å²) < 4.78 is 7.09. The van der Waals surface area contributed by atoms with Gasteiger partial charge in [0.1, 0.15) is 5.82 Å². The van der Waals surface area contributed by atoms with Gasteiger partial charge in [0.15, 0.2) is 0 Å². The van der Waals surface area contributed by atoms with E-state index in [0.717, 1.165) is 12.8 Å². The van der Waals surface area contributed by atoms with E-state index >= 15 is 0 Å². The Labute approximate surface area is 71.3 Å². The molecule has 1 aliphatic rings. The molecule has 1 aromatic rings. The van der Waals surface area contributed by atoms with E-state index in [1.807, 2.05) is 16.9 Å². The van der Waals surface area contributed by atoms with Gasteiger partial charge in [-0.3, -0.25) is 4.68 Å². The number of hydrogen-bond donors (Lipinski definition) is 1. The average molecular weight is 167 g/mol. The second-order valence-corrected chi connectivity index (χ2v) is 3.20. The minimum absolute atomic E-state index is 0.417. The summed E-state index contributed by atoms with van der Waals surface area (Å²) >= 11 is 0. The molecule has 1 saturated carbocycles. The molecule has 0 bridgehead atoms. The van der Waals surface area contributed by atoms with Gasteiger partial charge in [0.2, 0.25) is 0 Å². The van der Waals surface area contributed by atoms with Crippen LogP contribution in [0, 0.1) is 0 Å². The van der Waals surface area contributed by atoms with Crippen LogP contribution in [0.25, 0.3) is 0 Å². The van der Waals surface area contributed by atoms with Crippen LogP contribution in [0.5, 0.6) is 0 Å². The molecular weight excluding hydrogens is 154 g/mol. The standard InChI is InChI=1S/C8H13N3O/c1-12-7-4-6(5-7)11-3-2-8(9)10-11/h2-3,6-7H,4-5H2,1H3,(H2,9,10)/t6-,7+. The maximum atomic E-state index is 5.50. The van der Waals surface area contributed by atoms with Crippen molar-refractivity contribution in [1.29, 1.82) is 0 Å². The summed E-state index contributed by atoms with van der Waals surface area (Å²) in [5.41, 5.74) is 5.50. The Hall–Kier alpha value is -1.03. The first kappa shape index (κ1) is 7.61. The lowest BCUT2D eigenvalue weighted by molar-refractivity contribution is 0.00257. The van der Waals surface area contributed by atoms with Gasteiger partial charge in [-0.25, -0.2) is 0 Å². The van der Waals surface area contributed by atoms with Gasteiger partial charge in [0.25, 0.3) is 0 Å². The number of nitrogens with two attached hydrogens (primary N) is 1. The van der Waals surface area contributed by atoms with Crippen molar-refractivity contribution in [3.63, 3.8) is 0 Å². The third-order valence-electron chi connectivity index (χ3n) is 2.41. The third-order valence-corrected chi connectivity index (χ3v) is 2.41. The number of nitrogens with zero attached hydrogens (tertiary/aromatic N) is 2. The average Bonchev–Trinajstić information content (AvgIpc) is 2.34. The van der Waals surface area contributed by atoms with Crippen LogP contribution in [0.15, 0.2) is 12.3 Å². The molecule has 0 spiro atoms. The fourth-order valence-corrected chi connectivity index (χ4v) is 1.50. The highest BCUT2D eigenvalue weighted by Gasteiger charge is 2.30. The Morgan fingerprint density at radius 1 is 1.67 bits per heavy atom. The first-order valence-electron chi connectivity index (χ1n) is 4.13. The molecule has 66 valence electrons. The minimum Gasteiger partial charge on any atom is -0.382 e. The van der Waals surface area contributed by atoms with E-state index in [1.165, 1.54) is 0 Å². The summed E-state index contributed by atoms with van der Waals surface area (Å²) in [5, 5.41) is 4.14. The normalized spacial score (nSPS) is 28.4. The molecule has 0 aromatic carbocycles. The predicted molar refractivity (Wildman–Crippen MR) is 45.7 cm³/mol. The number of anilines is 1. The zero-order valence-electron chi connectivity index (χ0n) is 7.10. The lowest BCUT2D eigenvalue weighted by Crippen LogP contribution is -2.32. The Morgan fingerprint density at radius 3 is 2.92 bits per heavy atom. The Bertz CT molecular complexity index is 265. The molecule has 0 saturated heterocycles. The Kier molecular flexibility index (Phi) is 1.77. The molecule has 1 aliphatic carbocycles. The molecule has 2 N–H and O–H groups in total. The van der Waals surface area contributed by atoms with Gasteiger partial charge in [-0.1, -0.05) is 0 Å². The number of methoxy groups -OCH3 is 1. The second kappa shape index (κ2) is 2.79. The lowest BCUT2D eigenvalue weighted by Gasteiger charge is -2.33. The monoisotopic (exact) mass is 167 g/mol. The van der Waals surface area contributed by atoms with Gasteiger partial charge in [-0.15, -0.1) is 0 Å². The fourth-order valence-electron chi connectivity index (χ4n) is 1.50. The van der Waals surface area contributed by atoms with Crippen molar-refractivity contribution in [1.82, 2.24) is 9.78 Å². The molecule has 12 heavy (non-hydrogen) atoms. The van der Waals surface area contributed by atoms with Gasteiger partial charge < -0.3 is 10.5 Å². The number of rotatable bonds is 2. The molecule has 0 aliphatic heterocycles. The molecular formula is C8H13N3O. The van der Waals surface area contributed by atoms with Crippen LogP contribution in [0.3, 0.4) is 0 Å². The van der Waals surface area contributed by atoms with Gasteiger partial charge in [-0.2, -0.15) is 5.10 Å². The number of ether oxygens (including phenoxy) is 1. The topological polar surface area (TPSA) is 53.1 Å². The van der Waals surface area contributed by atoms with E-state index in [1.54, 1.807) is 7.11 Å². The first-order valence-corrected chi connectivity index (χ1v) is 4.13. The summed E-state index contributed by atoms with van der Waals surface area (Å²) in [5.74, 6) is 0.593. The van der Waals surface area contributed by atoms with Crippen molar-refractivity contribution in [3.8, 4) is 0 Å². The highest BCUT2D eigenvalue weighted by Crippen LogP contribution is 2.33. The smallest absolute Gasteiger partial charge is 0.145 e. The Morgan fingerprint density at radius 2 is 2.42 bits per heavy atom. The lowest BCUT2D eigenvalue weighted by atomic mass is 9.89. The summed E-state index contributed by atoms with van der Waals surface area (Å²) in [6.07, 6.45) is 4.45. The van der Waals surface area contributed by atoms with Crippen LogP contribution in [-0.2, 0) is 4.74 Å². The minimum atomic E-state index is 0.417. The predicted octanol–water partition coefficient (Wildman–Crippen LogP) is 0.815. The number of nitrogen functional groups attached to an aromatic ring is 1. The molecule has 4 heteroatoms. The van der Waals surface area contributed by atoms with Crippen molar-refractivity contribution < 1.29 is 4.74 Å². The summed E-state index contributed by atoms with van der Waals surface area (Å²) in [4.78, 5) is 0. The van der Waals surface area contributed by atoms with Crippen molar-refractivity contribution >= 4 is 5.82 Å². The van der Waals surface area contributed by atoms with Gasteiger partial charge in [-0.05, 0) is 18.9 Å². The van der Waals surface area contributed by atoms with Crippen LogP contribution >= 0.6 is 0 Å². The second-order valence-electron chi connectivity index (χ2n) is 3.20. The van der Waals surface area contributed by atoms with E-state index in [0.29, 0.717) is 18.0 Å². The maximum absolute atomic E-state index is 5.50. The van der Waals surface area contributed by atoms with E-state index in [2.05, 4.69) is 5.10 Å². The molecule has 1 heterocycles. The highest BCUT2D eigenvalue weighted by molar-refractivity contribution is 5.24. The van der Waals surface area contributed by atoms with Gasteiger partial charge in [0, 0.05) is 13.3 Å². The number of hydrogen-bond acceptors (Lipinski definition) is 3. The quantitative estimate of drug-likeness (QED) is 0.709. The van der Waals surface area contributed by atoms with E-state index in [9.17, 15) is 0 Å². The van der Waals surface area contributed by atoms with Crippen molar-refractivity contribution in [2.45, 2.75) is 25.0 Å². The van der Waals surface area contributed by atoms with Crippen LogP contribution in [-0.4, -0.2) is 23.0 Å². The molecule has 1 aromatic heterocycles. The van der Waals surface area contributed by atoms with Gasteiger partial charge in [0.05, 0.1) is 12.1 Å². The molecule has 0 radical (unpaired) electrons. The highest BCUT2D eigenvalue weighted by atomic mass is 16.5. The summed E-state index contributed by atoms with van der Waals surface area (Å²) in [7, 11) is 1.75. The Balaban J connectivity index is 1.96. The number of aromatic nitrogens is 2. The molecule has 2 rings (SSSR count). The van der Waals surface area contributed by atoms with Crippen molar-refractivity contribution in [3.05, 3.63) is 12.3 Å². The van der Waals surface area contributed by atoms with Crippen molar-refractivity contribution in [2.75, 3.05) is 12.8 Å². The molecule has 4 nitrogen and oxygen atoms in total. The maximum Gasteiger partial charge on any atom is 0.145 e. The van der Waals surface area contributed by atoms with Crippen LogP contribution in [0.2, 0.25) is 0 Å². The summed E-state index contributed by atoms with van der Waals surface area (Å²) in [6, 6.07) is 2.31. The van der Waals surface area contributed by atoms with Crippen molar-refractivity contribution in [2.24, 2.45) is 0 Å². The van der Waals surface area contributed by atoms with E-state index < -0.39 is 0 Å². The first-order chi connectivity index (χ1) is 5.79. The molecule has 0 atom stereocenters. The van der Waals surface area contributed by atoms with E-state index in [4.69, 9.17) is 10.5 Å². The molecule has 0 amide bonds. The molecule has 1 fully saturated rings. The van der Waals surface area contributed by atoms with Crippen LogP contribution in [0.4, 0.5) is 5.82 Å². The third kappa shape index (κ3) is 1.18. The van der Waals surface area contributed by atoms with Crippen LogP contribution < -0.4 is 5.73 Å². The van der Waals surface area contributed by atoms with Gasteiger partial charge >= 0.3 is 0 Å². The summed E-state index contributed by atoms with van der Waals surface area (Å²) in [6.45, 7) is 0. The largest absolute Gasteiger partial charge is 0.382 e. The zero-order chi connectivity index (χ0) is 8.55. The molecule has 0 unspecified atom stereocenters. The fraction of sp³-hybridized carbons (Fsp3) is 0.625. The zero-order valence-corrected chi connectivity index (χ0v) is 7.10. The van der Waals surface area contributed by atoms with E-state index in [-0.39, 0.29) is 0 Å².